The van der Waals surface area contributed by atoms with Gasteiger partial charge >= 0.3 is 6.03 Å². The number of carbonyl (C=O) groups excluding carboxylic acids is 1. The molecule has 0 radical (unpaired) electrons. The lowest BCUT2D eigenvalue weighted by molar-refractivity contribution is 0.111. The van der Waals surface area contributed by atoms with Crippen molar-refractivity contribution in [2.24, 2.45) is 5.92 Å². The van der Waals surface area contributed by atoms with Gasteiger partial charge in [0.25, 0.3) is 0 Å². The summed E-state index contributed by atoms with van der Waals surface area (Å²) < 4.78 is 6.12. The first-order chi connectivity index (χ1) is 11.8. The molecule has 1 aliphatic heterocycles. The first-order valence-electron chi connectivity index (χ1n) is 9.14. The fraction of sp³-hybridized carbons (Fsp3) is 0.632. The maximum atomic E-state index is 12.6. The lowest BCUT2D eigenvalue weighted by atomic mass is 9.92. The van der Waals surface area contributed by atoms with E-state index in [0.29, 0.717) is 5.92 Å². The van der Waals surface area contributed by atoms with Crippen molar-refractivity contribution < 1.29 is 14.6 Å². The van der Waals surface area contributed by atoms with E-state index in [1.807, 2.05) is 35.2 Å². The van der Waals surface area contributed by atoms with Gasteiger partial charge in [-0.05, 0) is 50.2 Å². The molecular formula is C19H28N2O3. The molecule has 1 heterocycles. The standard InChI is InChI=1S/C19H28N2O3/c22-13-11-15-10-12-21(14-15)19(23)20-17-8-4-5-9-18(17)24-16-6-2-1-3-7-16/h1-3,6-7,15,17-18,22H,4-5,8-14H2,(H,20,23). The van der Waals surface area contributed by atoms with Crippen LogP contribution in [0, 0.1) is 5.92 Å². The van der Waals surface area contributed by atoms with Gasteiger partial charge in [0.15, 0.2) is 0 Å². The highest BCUT2D eigenvalue weighted by Crippen LogP contribution is 2.25. The Morgan fingerprint density at radius 1 is 1.21 bits per heavy atom. The van der Waals surface area contributed by atoms with Crippen LogP contribution in [-0.2, 0) is 0 Å². The van der Waals surface area contributed by atoms with Crippen molar-refractivity contribution in [1.29, 1.82) is 0 Å². The lowest BCUT2D eigenvalue weighted by Gasteiger charge is -2.33. The second-order valence-corrected chi connectivity index (χ2v) is 6.92. The Balaban J connectivity index is 1.55. The lowest BCUT2D eigenvalue weighted by Crippen LogP contribution is -2.51. The Kier molecular flexibility index (Phi) is 5.96. The summed E-state index contributed by atoms with van der Waals surface area (Å²) in [5.74, 6) is 1.30. The van der Waals surface area contributed by atoms with E-state index in [1.165, 1.54) is 0 Å². The highest BCUT2D eigenvalue weighted by Gasteiger charge is 2.32. The van der Waals surface area contributed by atoms with E-state index in [4.69, 9.17) is 9.84 Å². The average molecular weight is 332 g/mol. The molecule has 3 atom stereocenters. The van der Waals surface area contributed by atoms with Crippen molar-refractivity contribution in [3.05, 3.63) is 30.3 Å². The molecule has 1 aromatic rings. The van der Waals surface area contributed by atoms with Crippen molar-refractivity contribution in [3.8, 4) is 5.75 Å². The molecule has 3 unspecified atom stereocenters. The minimum absolute atomic E-state index is 0.0176. The van der Waals surface area contributed by atoms with Gasteiger partial charge in [-0.25, -0.2) is 4.79 Å². The van der Waals surface area contributed by atoms with E-state index in [2.05, 4.69) is 5.32 Å². The maximum absolute atomic E-state index is 12.6. The van der Waals surface area contributed by atoms with Crippen molar-refractivity contribution in [1.82, 2.24) is 10.2 Å². The zero-order valence-electron chi connectivity index (χ0n) is 14.2. The fourth-order valence-corrected chi connectivity index (χ4v) is 3.76. The number of rotatable bonds is 5. The third kappa shape index (κ3) is 4.41. The van der Waals surface area contributed by atoms with Crippen LogP contribution in [-0.4, -0.2) is 47.9 Å². The van der Waals surface area contributed by atoms with Gasteiger partial charge in [0.1, 0.15) is 11.9 Å². The third-order valence-electron chi connectivity index (χ3n) is 5.15. The summed E-state index contributed by atoms with van der Waals surface area (Å²) in [5, 5.41) is 12.2. The van der Waals surface area contributed by atoms with Gasteiger partial charge in [-0.15, -0.1) is 0 Å². The summed E-state index contributed by atoms with van der Waals surface area (Å²) in [6, 6.07) is 9.94. The fourth-order valence-electron chi connectivity index (χ4n) is 3.76. The molecule has 132 valence electrons. The van der Waals surface area contributed by atoms with Crippen molar-refractivity contribution in [2.75, 3.05) is 19.7 Å². The summed E-state index contributed by atoms with van der Waals surface area (Å²) in [7, 11) is 0. The molecule has 2 fully saturated rings. The summed E-state index contributed by atoms with van der Waals surface area (Å²) in [6.07, 6.45) is 6.04. The number of hydrogen-bond acceptors (Lipinski definition) is 3. The summed E-state index contributed by atoms with van der Waals surface area (Å²) in [6.45, 7) is 1.74. The topological polar surface area (TPSA) is 61.8 Å². The smallest absolute Gasteiger partial charge is 0.317 e. The van der Waals surface area contributed by atoms with E-state index in [1.54, 1.807) is 0 Å². The molecule has 1 aliphatic carbocycles. The normalized spacial score (nSPS) is 27.0. The molecule has 24 heavy (non-hydrogen) atoms. The number of benzene rings is 1. The zero-order valence-corrected chi connectivity index (χ0v) is 14.2. The predicted molar refractivity (Wildman–Crippen MR) is 93.0 cm³/mol. The molecule has 0 spiro atoms. The molecule has 2 amide bonds. The number of amides is 2. The Hall–Kier alpha value is -1.75. The number of carbonyl (C=O) groups is 1. The third-order valence-corrected chi connectivity index (χ3v) is 5.15. The number of likely N-dealkylation sites (tertiary alicyclic amines) is 1. The van der Waals surface area contributed by atoms with Crippen LogP contribution in [0.2, 0.25) is 0 Å². The molecule has 0 aromatic heterocycles. The summed E-state index contributed by atoms with van der Waals surface area (Å²) in [5.41, 5.74) is 0. The second kappa shape index (κ2) is 8.38. The number of nitrogens with one attached hydrogen (secondary N) is 1. The Morgan fingerprint density at radius 2 is 2.00 bits per heavy atom. The summed E-state index contributed by atoms with van der Waals surface area (Å²) in [4.78, 5) is 14.4. The zero-order chi connectivity index (χ0) is 16.8. The molecule has 1 saturated carbocycles. The predicted octanol–water partition coefficient (Wildman–Crippen LogP) is 2.79. The average Bonchev–Trinajstić information content (AvgIpc) is 3.07. The van der Waals surface area contributed by atoms with Crippen LogP contribution >= 0.6 is 0 Å². The minimum Gasteiger partial charge on any atom is -0.488 e. The Labute approximate surface area is 144 Å². The first-order valence-corrected chi connectivity index (χ1v) is 9.14. The van der Waals surface area contributed by atoms with Crippen molar-refractivity contribution in [2.45, 2.75) is 50.7 Å². The number of hydrogen-bond donors (Lipinski definition) is 2. The quantitative estimate of drug-likeness (QED) is 0.871. The molecule has 1 aromatic carbocycles. The van der Waals surface area contributed by atoms with Crippen LogP contribution in [0.4, 0.5) is 4.79 Å². The Morgan fingerprint density at radius 3 is 2.79 bits per heavy atom. The Bertz CT molecular complexity index is 523. The number of urea groups is 1. The van der Waals surface area contributed by atoms with Crippen LogP contribution in [0.25, 0.3) is 0 Å². The van der Waals surface area contributed by atoms with Gasteiger partial charge in [-0.1, -0.05) is 24.6 Å². The van der Waals surface area contributed by atoms with Gasteiger partial charge in [-0.2, -0.15) is 0 Å². The molecule has 0 bridgehead atoms. The first kappa shape index (κ1) is 17.1. The molecular weight excluding hydrogens is 304 g/mol. The number of nitrogens with zero attached hydrogens (tertiary/aromatic N) is 1. The van der Waals surface area contributed by atoms with Crippen LogP contribution in [0.3, 0.4) is 0 Å². The van der Waals surface area contributed by atoms with Gasteiger partial charge in [0, 0.05) is 19.7 Å². The van der Waals surface area contributed by atoms with Crippen LogP contribution in [0.5, 0.6) is 5.75 Å². The molecule has 5 nitrogen and oxygen atoms in total. The van der Waals surface area contributed by atoms with Gasteiger partial charge in [0.2, 0.25) is 0 Å². The highest BCUT2D eigenvalue weighted by molar-refractivity contribution is 5.75. The van der Waals surface area contributed by atoms with E-state index in [-0.39, 0.29) is 24.8 Å². The number of ether oxygens (including phenoxy) is 1. The van der Waals surface area contributed by atoms with Gasteiger partial charge in [-0.3, -0.25) is 0 Å². The van der Waals surface area contributed by atoms with E-state index in [9.17, 15) is 4.79 Å². The van der Waals surface area contributed by atoms with Gasteiger partial charge in [0.05, 0.1) is 6.04 Å². The van der Waals surface area contributed by atoms with E-state index < -0.39 is 0 Å². The monoisotopic (exact) mass is 332 g/mol. The van der Waals surface area contributed by atoms with Gasteiger partial charge < -0.3 is 20.1 Å². The molecule has 2 N–H and O–H groups in total. The largest absolute Gasteiger partial charge is 0.488 e. The van der Waals surface area contributed by atoms with E-state index >= 15 is 0 Å². The van der Waals surface area contributed by atoms with E-state index in [0.717, 1.165) is 57.4 Å². The van der Waals surface area contributed by atoms with Crippen molar-refractivity contribution >= 4 is 6.03 Å². The number of para-hydroxylation sites is 1. The molecule has 1 saturated heterocycles. The molecule has 3 rings (SSSR count). The number of aliphatic hydroxyl groups excluding tert-OH is 1. The maximum Gasteiger partial charge on any atom is 0.317 e. The summed E-state index contributed by atoms with van der Waals surface area (Å²) >= 11 is 0. The second-order valence-electron chi connectivity index (χ2n) is 6.92. The van der Waals surface area contributed by atoms with Crippen LogP contribution in [0.15, 0.2) is 30.3 Å². The molecule has 2 aliphatic rings. The van der Waals surface area contributed by atoms with Crippen molar-refractivity contribution in [3.63, 3.8) is 0 Å². The molecule has 5 heteroatoms. The van der Waals surface area contributed by atoms with Crippen LogP contribution < -0.4 is 10.1 Å². The highest BCUT2D eigenvalue weighted by atomic mass is 16.5. The number of aliphatic hydroxyl groups is 1. The minimum atomic E-state index is 0.0176. The SMILES string of the molecule is O=C(NC1CCCCC1Oc1ccccc1)N1CCC(CCO)C1. The van der Waals surface area contributed by atoms with Crippen LogP contribution in [0.1, 0.15) is 38.5 Å².